The van der Waals surface area contributed by atoms with Crippen molar-refractivity contribution in [2.45, 2.75) is 16.1 Å². The minimum absolute atomic E-state index is 0.121. The summed E-state index contributed by atoms with van der Waals surface area (Å²) >= 11 is 14.8. The molecule has 3 aromatic carbocycles. The number of aliphatic hydroxyl groups is 1. The van der Waals surface area contributed by atoms with Crippen LogP contribution in [0.15, 0.2) is 64.5 Å². The first kappa shape index (κ1) is 29.1. The van der Waals surface area contributed by atoms with E-state index in [1.54, 1.807) is 30.3 Å². The number of aliphatic hydroxyl groups excluding tert-OH is 1. The number of hydrogen-bond donors (Lipinski definition) is 2. The monoisotopic (exact) mass is 657 g/mol. The molecule has 0 spiro atoms. The lowest BCUT2D eigenvalue weighted by Gasteiger charge is -2.23. The van der Waals surface area contributed by atoms with Crippen molar-refractivity contribution in [3.8, 4) is 23.0 Å². The number of carbonyl (C=O) groups is 2. The summed E-state index contributed by atoms with van der Waals surface area (Å²) in [6, 6.07) is 13.3. The van der Waals surface area contributed by atoms with Gasteiger partial charge in [0.1, 0.15) is 19.0 Å². The van der Waals surface area contributed by atoms with Gasteiger partial charge in [0, 0.05) is 21.4 Å². The Kier molecular flexibility index (Phi) is 8.10. The van der Waals surface area contributed by atoms with Gasteiger partial charge >= 0.3 is 5.91 Å². The van der Waals surface area contributed by atoms with Gasteiger partial charge in [-0.05, 0) is 53.6 Å². The van der Waals surface area contributed by atoms with Gasteiger partial charge in [-0.1, -0.05) is 58.4 Å². The molecule has 0 radical (unpaired) electrons. The van der Waals surface area contributed by atoms with E-state index in [0.29, 0.717) is 50.4 Å². The molecule has 2 N–H and O–H groups in total. The lowest BCUT2D eigenvalue weighted by Crippen LogP contribution is -2.29. The van der Waals surface area contributed by atoms with Crippen LogP contribution in [-0.4, -0.2) is 52.4 Å². The Morgan fingerprint density at radius 1 is 1.07 bits per heavy atom. The van der Waals surface area contributed by atoms with Crippen LogP contribution in [0.4, 0.5) is 5.13 Å². The van der Waals surface area contributed by atoms with E-state index in [4.69, 9.17) is 37.4 Å². The number of aromatic hydroxyl groups is 1. The number of ketones is 1. The Labute approximate surface area is 263 Å². The van der Waals surface area contributed by atoms with E-state index in [1.165, 1.54) is 42.0 Å². The Hall–Kier alpha value is -3.97. The molecule has 2 aliphatic rings. The van der Waals surface area contributed by atoms with Gasteiger partial charge in [0.05, 0.1) is 18.7 Å². The summed E-state index contributed by atoms with van der Waals surface area (Å²) in [5.41, 5.74) is 1.31. The van der Waals surface area contributed by atoms with Gasteiger partial charge in [0.15, 0.2) is 27.3 Å². The normalized spacial score (nSPS) is 17.4. The summed E-state index contributed by atoms with van der Waals surface area (Å²) in [7, 11) is 1.38. The molecule has 220 valence electrons. The number of amides is 1. The fraction of sp³-hybridized carbons (Fsp3) is 0.172. The maximum absolute atomic E-state index is 13.6. The molecule has 1 fully saturated rings. The minimum Gasteiger partial charge on any atom is -0.507 e. The lowest BCUT2D eigenvalue weighted by atomic mass is 9.95. The number of anilines is 1. The molecule has 0 saturated carbocycles. The number of aromatic nitrogens is 2. The average Bonchev–Trinajstić information content (AvgIpc) is 3.58. The first-order valence-electron chi connectivity index (χ1n) is 12.7. The largest absolute Gasteiger partial charge is 0.507 e. The van der Waals surface area contributed by atoms with Gasteiger partial charge in [0.2, 0.25) is 5.13 Å². The van der Waals surface area contributed by atoms with Gasteiger partial charge in [-0.2, -0.15) is 0 Å². The second kappa shape index (κ2) is 12.0. The number of rotatable bonds is 7. The summed E-state index contributed by atoms with van der Waals surface area (Å²) < 4.78 is 17.0. The molecule has 0 bridgehead atoms. The first-order valence-corrected chi connectivity index (χ1v) is 15.3. The number of phenols is 1. The summed E-state index contributed by atoms with van der Waals surface area (Å²) in [5, 5.41) is 31.3. The number of benzene rings is 3. The average molecular weight is 659 g/mol. The Morgan fingerprint density at radius 3 is 2.63 bits per heavy atom. The predicted molar refractivity (Wildman–Crippen MR) is 163 cm³/mol. The molecule has 6 rings (SSSR count). The highest BCUT2D eigenvalue weighted by Gasteiger charge is 2.48. The van der Waals surface area contributed by atoms with E-state index in [-0.39, 0.29) is 27.8 Å². The molecule has 1 amide bonds. The van der Waals surface area contributed by atoms with Crippen LogP contribution in [0, 0.1) is 0 Å². The number of nitrogens with zero attached hydrogens (tertiary/aromatic N) is 3. The Balaban J connectivity index is 1.41. The van der Waals surface area contributed by atoms with Crippen molar-refractivity contribution in [1.82, 2.24) is 10.2 Å². The third-order valence-corrected chi connectivity index (χ3v) is 9.44. The molecule has 2 aliphatic heterocycles. The van der Waals surface area contributed by atoms with E-state index in [9.17, 15) is 19.8 Å². The molecule has 43 heavy (non-hydrogen) atoms. The van der Waals surface area contributed by atoms with Crippen LogP contribution in [0.3, 0.4) is 0 Å². The van der Waals surface area contributed by atoms with E-state index < -0.39 is 23.5 Å². The predicted octanol–water partition coefficient (Wildman–Crippen LogP) is 6.25. The Morgan fingerprint density at radius 2 is 1.86 bits per heavy atom. The maximum Gasteiger partial charge on any atom is 0.301 e. The third-order valence-electron chi connectivity index (χ3n) is 6.75. The summed E-state index contributed by atoms with van der Waals surface area (Å²) in [4.78, 5) is 28.3. The number of carbonyl (C=O) groups excluding carboxylic acids is 2. The lowest BCUT2D eigenvalue weighted by molar-refractivity contribution is -0.132. The van der Waals surface area contributed by atoms with E-state index in [2.05, 4.69) is 10.2 Å². The zero-order valence-corrected chi connectivity index (χ0v) is 25.4. The topological polar surface area (TPSA) is 131 Å². The van der Waals surface area contributed by atoms with Crippen molar-refractivity contribution in [3.63, 3.8) is 0 Å². The van der Waals surface area contributed by atoms with Crippen LogP contribution in [-0.2, 0) is 15.3 Å². The van der Waals surface area contributed by atoms with Crippen LogP contribution < -0.4 is 19.1 Å². The quantitative estimate of drug-likeness (QED) is 0.0773. The summed E-state index contributed by atoms with van der Waals surface area (Å²) in [6.45, 7) is 0.720. The molecule has 4 aromatic rings. The van der Waals surface area contributed by atoms with E-state index in [0.717, 1.165) is 16.9 Å². The van der Waals surface area contributed by atoms with Crippen LogP contribution in [0.2, 0.25) is 10.0 Å². The van der Waals surface area contributed by atoms with Gasteiger partial charge in [-0.3, -0.25) is 14.5 Å². The molecular weight excluding hydrogens is 637 g/mol. The first-order chi connectivity index (χ1) is 20.7. The molecule has 1 atom stereocenters. The molecule has 14 heteroatoms. The van der Waals surface area contributed by atoms with Gasteiger partial charge in [0.25, 0.3) is 5.78 Å². The number of phenolic OH excluding ortho intramolecular Hbond substituents is 1. The number of Topliss-reactive ketones (excluding diaryl/α,β-unsaturated/α-hetero) is 1. The molecule has 0 aliphatic carbocycles. The minimum atomic E-state index is -1.11. The van der Waals surface area contributed by atoms with Gasteiger partial charge in [-0.15, -0.1) is 10.2 Å². The second-order valence-electron chi connectivity index (χ2n) is 9.33. The third kappa shape index (κ3) is 5.58. The zero-order chi connectivity index (χ0) is 30.2. The Bertz CT molecular complexity index is 1800. The van der Waals surface area contributed by atoms with Crippen molar-refractivity contribution in [2.75, 3.05) is 25.2 Å². The maximum atomic E-state index is 13.6. The molecule has 1 saturated heterocycles. The smallest absolute Gasteiger partial charge is 0.301 e. The van der Waals surface area contributed by atoms with Gasteiger partial charge < -0.3 is 24.4 Å². The molecular formula is C29H21Cl2N3O7S2. The van der Waals surface area contributed by atoms with Crippen LogP contribution in [0.5, 0.6) is 23.0 Å². The number of fused-ring (bicyclic) bond motifs is 1. The SMILES string of the molecule is COc1cc(C2/C(=C(\O)c3ccc4c(c3)OCCO4)C(=O)C(=O)N2c2nnc(SCc3ccc(Cl)cc3Cl)s2)ccc1O. The fourth-order valence-electron chi connectivity index (χ4n) is 4.69. The van der Waals surface area contributed by atoms with Crippen LogP contribution in [0.25, 0.3) is 5.76 Å². The van der Waals surface area contributed by atoms with Crippen molar-refractivity contribution >= 4 is 68.9 Å². The van der Waals surface area contributed by atoms with Crippen molar-refractivity contribution in [2.24, 2.45) is 0 Å². The highest BCUT2D eigenvalue weighted by Crippen LogP contribution is 2.46. The van der Waals surface area contributed by atoms with Crippen LogP contribution >= 0.6 is 46.3 Å². The number of hydrogen-bond acceptors (Lipinski definition) is 11. The van der Waals surface area contributed by atoms with E-state index in [1.807, 2.05) is 6.07 Å². The summed E-state index contributed by atoms with van der Waals surface area (Å²) in [6.07, 6.45) is 0. The highest BCUT2D eigenvalue weighted by molar-refractivity contribution is 8.00. The van der Waals surface area contributed by atoms with Crippen molar-refractivity contribution in [3.05, 3.63) is 86.9 Å². The van der Waals surface area contributed by atoms with Gasteiger partial charge in [-0.25, -0.2) is 0 Å². The fourth-order valence-corrected chi connectivity index (χ4v) is 7.12. The highest BCUT2D eigenvalue weighted by atomic mass is 35.5. The van der Waals surface area contributed by atoms with Crippen molar-refractivity contribution in [1.29, 1.82) is 0 Å². The molecule has 10 nitrogen and oxygen atoms in total. The second-order valence-corrected chi connectivity index (χ2v) is 12.4. The van der Waals surface area contributed by atoms with Crippen molar-refractivity contribution < 1.29 is 34.0 Å². The standard InChI is InChI=1S/C29H21Cl2N3O7S2/c1-39-21-10-14(3-6-19(21)35)24-23(25(36)15-4-7-20-22(11-15)41-9-8-40-20)26(37)27(38)34(24)28-32-33-29(43-28)42-13-16-2-5-17(30)12-18(16)31/h2-7,10-12,24,35-36H,8-9,13H2,1H3/b25-23+. The number of halogens is 2. The number of methoxy groups -OCH3 is 1. The molecule has 1 unspecified atom stereocenters. The van der Waals surface area contributed by atoms with Crippen LogP contribution in [0.1, 0.15) is 22.7 Å². The number of ether oxygens (including phenoxy) is 3. The molecule has 1 aromatic heterocycles. The van der Waals surface area contributed by atoms with E-state index >= 15 is 0 Å². The summed E-state index contributed by atoms with van der Waals surface area (Å²) in [5.74, 6) is -0.869. The number of thioether (sulfide) groups is 1. The molecule has 3 heterocycles. The zero-order valence-electron chi connectivity index (χ0n) is 22.2.